The van der Waals surface area contributed by atoms with E-state index in [0.29, 0.717) is 22.7 Å². The van der Waals surface area contributed by atoms with Gasteiger partial charge in [0.05, 0.1) is 0 Å². The van der Waals surface area contributed by atoms with Gasteiger partial charge < -0.3 is 10.6 Å². The molecular formula is C16H17ClN4O. The van der Waals surface area contributed by atoms with Crippen LogP contribution in [-0.4, -0.2) is 21.9 Å². The number of carbonyl (C=O) groups excluding carboxylic acids is 1. The van der Waals surface area contributed by atoms with Crippen LogP contribution in [0.5, 0.6) is 0 Å². The molecule has 1 aromatic heterocycles. The molecule has 1 fully saturated rings. The van der Waals surface area contributed by atoms with Crippen molar-refractivity contribution in [3.63, 3.8) is 0 Å². The van der Waals surface area contributed by atoms with Gasteiger partial charge in [0.1, 0.15) is 5.69 Å². The molecule has 1 heterocycles. The van der Waals surface area contributed by atoms with Gasteiger partial charge in [-0.15, -0.1) is 0 Å². The maximum Gasteiger partial charge on any atom is 0.270 e. The summed E-state index contributed by atoms with van der Waals surface area (Å²) in [5.41, 5.74) is 2.85. The second kappa shape index (κ2) is 5.93. The van der Waals surface area contributed by atoms with Gasteiger partial charge in [-0.25, -0.2) is 9.97 Å². The minimum absolute atomic E-state index is 0.154. The van der Waals surface area contributed by atoms with E-state index in [1.165, 1.54) is 0 Å². The van der Waals surface area contributed by atoms with E-state index in [2.05, 4.69) is 20.6 Å². The van der Waals surface area contributed by atoms with Gasteiger partial charge in [-0.3, -0.25) is 4.79 Å². The van der Waals surface area contributed by atoms with Crippen molar-refractivity contribution in [2.75, 3.05) is 5.32 Å². The van der Waals surface area contributed by atoms with E-state index >= 15 is 0 Å². The molecule has 1 aliphatic carbocycles. The highest BCUT2D eigenvalue weighted by atomic mass is 35.5. The average molecular weight is 317 g/mol. The van der Waals surface area contributed by atoms with E-state index in [1.54, 1.807) is 6.07 Å². The summed E-state index contributed by atoms with van der Waals surface area (Å²) in [7, 11) is 0. The van der Waals surface area contributed by atoms with Crippen LogP contribution in [0, 0.1) is 13.8 Å². The fourth-order valence-corrected chi connectivity index (χ4v) is 2.27. The summed E-state index contributed by atoms with van der Waals surface area (Å²) in [6.07, 6.45) is 2.09. The summed E-state index contributed by atoms with van der Waals surface area (Å²) in [5, 5.41) is 6.73. The third-order valence-corrected chi connectivity index (χ3v) is 3.92. The third-order valence-electron chi connectivity index (χ3n) is 3.51. The van der Waals surface area contributed by atoms with Crippen molar-refractivity contribution in [1.82, 2.24) is 15.3 Å². The van der Waals surface area contributed by atoms with Crippen LogP contribution in [0.2, 0.25) is 5.02 Å². The quantitative estimate of drug-likeness (QED) is 0.907. The molecule has 0 bridgehead atoms. The lowest BCUT2D eigenvalue weighted by molar-refractivity contribution is 0.0946. The first-order valence-corrected chi connectivity index (χ1v) is 7.59. The predicted molar refractivity (Wildman–Crippen MR) is 86.7 cm³/mol. The Morgan fingerprint density at radius 2 is 2.05 bits per heavy atom. The lowest BCUT2D eigenvalue weighted by Gasteiger charge is -2.11. The van der Waals surface area contributed by atoms with Crippen molar-refractivity contribution in [2.45, 2.75) is 32.7 Å². The van der Waals surface area contributed by atoms with Crippen molar-refractivity contribution in [1.29, 1.82) is 0 Å². The maximum atomic E-state index is 12.1. The van der Waals surface area contributed by atoms with E-state index in [1.807, 2.05) is 32.0 Å². The summed E-state index contributed by atoms with van der Waals surface area (Å²) >= 11 is 6.11. The summed E-state index contributed by atoms with van der Waals surface area (Å²) in [4.78, 5) is 20.8. The molecular weight excluding hydrogens is 300 g/mol. The highest BCUT2D eigenvalue weighted by Gasteiger charge is 2.24. The molecule has 1 aromatic carbocycles. The van der Waals surface area contributed by atoms with Crippen LogP contribution in [-0.2, 0) is 0 Å². The predicted octanol–water partition coefficient (Wildman–Crippen LogP) is 3.38. The number of nitrogens with one attached hydrogen (secondary N) is 2. The number of rotatable bonds is 4. The number of hydrogen-bond donors (Lipinski definition) is 2. The number of nitrogens with zero attached hydrogens (tertiary/aromatic N) is 2. The molecule has 1 aliphatic rings. The molecule has 0 radical (unpaired) electrons. The van der Waals surface area contributed by atoms with Crippen molar-refractivity contribution in [3.8, 4) is 0 Å². The number of benzene rings is 1. The van der Waals surface area contributed by atoms with Crippen LogP contribution < -0.4 is 10.6 Å². The van der Waals surface area contributed by atoms with Crippen molar-refractivity contribution in [3.05, 3.63) is 46.2 Å². The Morgan fingerprint density at radius 3 is 2.77 bits per heavy atom. The van der Waals surface area contributed by atoms with E-state index < -0.39 is 0 Å². The monoisotopic (exact) mass is 316 g/mol. The van der Waals surface area contributed by atoms with E-state index in [0.717, 1.165) is 29.8 Å². The first kappa shape index (κ1) is 14.8. The first-order chi connectivity index (χ1) is 10.5. The topological polar surface area (TPSA) is 66.9 Å². The van der Waals surface area contributed by atoms with Crippen LogP contribution in [0.3, 0.4) is 0 Å². The Morgan fingerprint density at radius 1 is 1.27 bits per heavy atom. The summed E-state index contributed by atoms with van der Waals surface area (Å²) in [6, 6.07) is 7.57. The zero-order chi connectivity index (χ0) is 15.7. The van der Waals surface area contributed by atoms with E-state index in [4.69, 9.17) is 11.6 Å². The second-order valence-electron chi connectivity index (χ2n) is 5.50. The molecule has 2 N–H and O–H groups in total. The molecule has 0 atom stereocenters. The molecule has 5 nitrogen and oxygen atoms in total. The molecule has 6 heteroatoms. The summed E-state index contributed by atoms with van der Waals surface area (Å²) in [6.45, 7) is 3.76. The normalized spacial score (nSPS) is 13.8. The second-order valence-corrected chi connectivity index (χ2v) is 5.91. The Balaban J connectivity index is 1.85. The molecule has 0 unspecified atom stereocenters. The maximum absolute atomic E-state index is 12.1. The Labute approximate surface area is 134 Å². The fraction of sp³-hybridized carbons (Fsp3) is 0.312. The zero-order valence-electron chi connectivity index (χ0n) is 12.5. The number of aromatic nitrogens is 2. The van der Waals surface area contributed by atoms with Gasteiger partial charge in [-0.05, 0) is 50.5 Å². The molecule has 22 heavy (non-hydrogen) atoms. The van der Waals surface area contributed by atoms with Crippen LogP contribution in [0.1, 0.15) is 34.6 Å². The largest absolute Gasteiger partial charge is 0.348 e. The van der Waals surface area contributed by atoms with Gasteiger partial charge in [0.15, 0.2) is 0 Å². The molecule has 0 spiro atoms. The van der Waals surface area contributed by atoms with E-state index in [9.17, 15) is 4.79 Å². The summed E-state index contributed by atoms with van der Waals surface area (Å²) in [5.74, 6) is 0.241. The molecule has 3 rings (SSSR count). The van der Waals surface area contributed by atoms with Crippen LogP contribution in [0.25, 0.3) is 0 Å². The number of aryl methyl sites for hydroxylation is 1. The molecule has 1 saturated carbocycles. The molecule has 114 valence electrons. The van der Waals surface area contributed by atoms with Crippen LogP contribution >= 0.6 is 11.6 Å². The van der Waals surface area contributed by atoms with Gasteiger partial charge >= 0.3 is 0 Å². The van der Waals surface area contributed by atoms with Gasteiger partial charge in [-0.1, -0.05) is 17.7 Å². The Kier molecular flexibility index (Phi) is 3.98. The average Bonchev–Trinajstić information content (AvgIpc) is 3.27. The zero-order valence-corrected chi connectivity index (χ0v) is 13.2. The molecule has 2 aromatic rings. The Bertz CT molecular complexity index is 728. The highest BCUT2D eigenvalue weighted by Crippen LogP contribution is 2.25. The molecule has 0 saturated heterocycles. The van der Waals surface area contributed by atoms with Crippen LogP contribution in [0.4, 0.5) is 11.6 Å². The van der Waals surface area contributed by atoms with Gasteiger partial charge in [0, 0.05) is 22.4 Å². The third kappa shape index (κ3) is 3.36. The summed E-state index contributed by atoms with van der Waals surface area (Å²) < 4.78 is 0. The van der Waals surface area contributed by atoms with Gasteiger partial charge in [0.25, 0.3) is 5.91 Å². The number of carbonyl (C=O) groups is 1. The number of hydrogen-bond acceptors (Lipinski definition) is 4. The fourth-order valence-electron chi connectivity index (χ4n) is 2.09. The number of halogens is 1. The standard InChI is InChI=1S/C16H17ClN4O/c1-9-8-14(15(22)19-11-6-7-11)21-16(18-9)20-13-5-3-4-12(17)10(13)2/h3-5,8,11H,6-7H2,1-2H3,(H,19,22)(H,18,20,21). The number of anilines is 2. The Hall–Kier alpha value is -2.14. The van der Waals surface area contributed by atoms with Gasteiger partial charge in [0.2, 0.25) is 5.95 Å². The SMILES string of the molecule is Cc1cc(C(=O)NC2CC2)nc(Nc2cccc(Cl)c2C)n1. The first-order valence-electron chi connectivity index (χ1n) is 7.21. The van der Waals surface area contributed by atoms with Crippen molar-refractivity contribution < 1.29 is 4.79 Å². The van der Waals surface area contributed by atoms with Crippen molar-refractivity contribution in [2.24, 2.45) is 0 Å². The van der Waals surface area contributed by atoms with Gasteiger partial charge in [-0.2, -0.15) is 0 Å². The van der Waals surface area contributed by atoms with Crippen molar-refractivity contribution >= 4 is 29.1 Å². The lowest BCUT2D eigenvalue weighted by Crippen LogP contribution is -2.26. The van der Waals surface area contributed by atoms with E-state index in [-0.39, 0.29) is 5.91 Å². The number of amides is 1. The molecule has 1 amide bonds. The minimum atomic E-state index is -0.154. The minimum Gasteiger partial charge on any atom is -0.348 e. The smallest absolute Gasteiger partial charge is 0.270 e. The highest BCUT2D eigenvalue weighted by molar-refractivity contribution is 6.31. The molecule has 0 aliphatic heterocycles. The lowest BCUT2D eigenvalue weighted by atomic mass is 10.2. The van der Waals surface area contributed by atoms with Crippen LogP contribution in [0.15, 0.2) is 24.3 Å².